The molecular formula is C11H13F3N4. The van der Waals surface area contributed by atoms with Gasteiger partial charge in [-0.15, -0.1) is 0 Å². The molecule has 2 heterocycles. The van der Waals surface area contributed by atoms with E-state index in [1.807, 2.05) is 13.8 Å². The van der Waals surface area contributed by atoms with Gasteiger partial charge in [0.2, 0.25) is 0 Å². The maximum atomic E-state index is 12.4. The second-order valence-electron chi connectivity index (χ2n) is 4.48. The van der Waals surface area contributed by atoms with Crippen molar-refractivity contribution in [3.63, 3.8) is 0 Å². The van der Waals surface area contributed by atoms with Crippen molar-refractivity contribution >= 4 is 11.0 Å². The zero-order chi connectivity index (χ0) is 13.5. The molecule has 2 aromatic heterocycles. The van der Waals surface area contributed by atoms with E-state index in [9.17, 15) is 13.2 Å². The summed E-state index contributed by atoms with van der Waals surface area (Å²) < 4.78 is 38.2. The highest BCUT2D eigenvalue weighted by atomic mass is 19.4. The van der Waals surface area contributed by atoms with Crippen LogP contribution in [0.25, 0.3) is 11.0 Å². The highest BCUT2D eigenvalue weighted by Gasteiger charge is 2.30. The maximum Gasteiger partial charge on any atom is 0.408 e. The van der Waals surface area contributed by atoms with Crippen molar-refractivity contribution in [1.82, 2.24) is 19.7 Å². The number of hydrogen-bond acceptors (Lipinski definition) is 3. The fourth-order valence-electron chi connectivity index (χ4n) is 1.68. The molecule has 0 aliphatic carbocycles. The third-order valence-electron chi connectivity index (χ3n) is 2.54. The fraction of sp³-hybridized carbons (Fsp3) is 0.545. The summed E-state index contributed by atoms with van der Waals surface area (Å²) in [5.41, 5.74) is 0.744. The summed E-state index contributed by atoms with van der Waals surface area (Å²) in [5, 5.41) is 4.43. The second kappa shape index (κ2) is 4.22. The molecule has 2 rings (SSSR count). The van der Waals surface area contributed by atoms with E-state index < -0.39 is 12.7 Å². The van der Waals surface area contributed by atoms with E-state index in [0.29, 0.717) is 16.9 Å². The monoisotopic (exact) mass is 258 g/mol. The van der Waals surface area contributed by atoms with Gasteiger partial charge in [0.05, 0.1) is 11.1 Å². The smallest absolute Gasteiger partial charge is 0.240 e. The zero-order valence-electron chi connectivity index (χ0n) is 10.3. The minimum Gasteiger partial charge on any atom is -0.240 e. The lowest BCUT2D eigenvalue weighted by Gasteiger charge is -2.08. The van der Waals surface area contributed by atoms with Gasteiger partial charge < -0.3 is 0 Å². The van der Waals surface area contributed by atoms with Gasteiger partial charge in [0.25, 0.3) is 0 Å². The van der Waals surface area contributed by atoms with Crippen molar-refractivity contribution in [3.8, 4) is 0 Å². The predicted octanol–water partition coefficient (Wildman–Crippen LogP) is 2.82. The Balaban J connectivity index is 2.56. The van der Waals surface area contributed by atoms with Crippen molar-refractivity contribution < 1.29 is 13.2 Å². The van der Waals surface area contributed by atoms with E-state index in [1.54, 1.807) is 6.92 Å². The zero-order valence-corrected chi connectivity index (χ0v) is 10.3. The average molecular weight is 258 g/mol. The maximum absolute atomic E-state index is 12.4. The van der Waals surface area contributed by atoms with Crippen LogP contribution in [0.2, 0.25) is 0 Å². The highest BCUT2D eigenvalue weighted by Crippen LogP contribution is 2.23. The molecule has 18 heavy (non-hydrogen) atoms. The van der Waals surface area contributed by atoms with Crippen molar-refractivity contribution in [1.29, 1.82) is 0 Å². The largest absolute Gasteiger partial charge is 0.408 e. The van der Waals surface area contributed by atoms with Gasteiger partial charge >= 0.3 is 6.18 Å². The molecule has 0 N–H and O–H groups in total. The molecule has 0 aliphatic heterocycles. The average Bonchev–Trinajstić information content (AvgIpc) is 2.53. The van der Waals surface area contributed by atoms with Crippen LogP contribution >= 0.6 is 0 Å². The lowest BCUT2D eigenvalue weighted by molar-refractivity contribution is -0.141. The Morgan fingerprint density at radius 1 is 1.33 bits per heavy atom. The molecule has 0 unspecified atom stereocenters. The number of fused-ring (bicyclic) bond motifs is 1. The number of nitrogens with zero attached hydrogens (tertiary/aromatic N) is 4. The topological polar surface area (TPSA) is 43.6 Å². The van der Waals surface area contributed by atoms with Gasteiger partial charge in [-0.2, -0.15) is 18.3 Å². The van der Waals surface area contributed by atoms with E-state index in [4.69, 9.17) is 0 Å². The fourth-order valence-corrected chi connectivity index (χ4v) is 1.68. The quantitative estimate of drug-likeness (QED) is 0.832. The van der Waals surface area contributed by atoms with Crippen LogP contribution in [-0.2, 0) is 6.54 Å². The molecule has 0 spiro atoms. The number of aryl methyl sites for hydroxylation is 1. The highest BCUT2D eigenvalue weighted by molar-refractivity contribution is 5.77. The molecule has 0 saturated heterocycles. The minimum absolute atomic E-state index is 0.0592. The Hall–Kier alpha value is -1.66. The van der Waals surface area contributed by atoms with E-state index in [-0.39, 0.29) is 11.6 Å². The van der Waals surface area contributed by atoms with Gasteiger partial charge in [0.15, 0.2) is 5.65 Å². The second-order valence-corrected chi connectivity index (χ2v) is 4.48. The summed E-state index contributed by atoms with van der Waals surface area (Å²) in [4.78, 5) is 8.30. The Kier molecular flexibility index (Phi) is 3.00. The lowest BCUT2D eigenvalue weighted by atomic mass is 10.2. The first-order chi connectivity index (χ1) is 8.28. The van der Waals surface area contributed by atoms with Gasteiger partial charge in [-0.3, -0.25) is 0 Å². The van der Waals surface area contributed by atoms with E-state index in [0.717, 1.165) is 4.68 Å². The van der Waals surface area contributed by atoms with E-state index in [2.05, 4.69) is 15.1 Å². The molecule has 98 valence electrons. The van der Waals surface area contributed by atoms with E-state index >= 15 is 0 Å². The van der Waals surface area contributed by atoms with Crippen LogP contribution in [0.5, 0.6) is 0 Å². The first-order valence-corrected chi connectivity index (χ1v) is 5.55. The van der Waals surface area contributed by atoms with Crippen LogP contribution in [0.4, 0.5) is 13.2 Å². The van der Waals surface area contributed by atoms with Crippen molar-refractivity contribution in [2.24, 2.45) is 0 Å². The lowest BCUT2D eigenvalue weighted by Crippen LogP contribution is -2.19. The van der Waals surface area contributed by atoms with Crippen LogP contribution in [0.1, 0.15) is 31.3 Å². The van der Waals surface area contributed by atoms with Crippen molar-refractivity contribution in [3.05, 3.63) is 17.7 Å². The summed E-state index contributed by atoms with van der Waals surface area (Å²) in [6.07, 6.45) is -2.78. The van der Waals surface area contributed by atoms with Crippen LogP contribution < -0.4 is 0 Å². The molecule has 0 bridgehead atoms. The van der Waals surface area contributed by atoms with E-state index in [1.165, 1.54) is 6.20 Å². The summed E-state index contributed by atoms with van der Waals surface area (Å²) in [6, 6.07) is 0. The molecule has 0 saturated carbocycles. The van der Waals surface area contributed by atoms with Gasteiger partial charge in [0, 0.05) is 12.1 Å². The van der Waals surface area contributed by atoms with Gasteiger partial charge in [-0.1, -0.05) is 13.8 Å². The number of aromatic nitrogens is 4. The Bertz CT molecular complexity index is 571. The normalized spacial score (nSPS) is 12.6. The third kappa shape index (κ3) is 2.44. The van der Waals surface area contributed by atoms with Gasteiger partial charge in [0.1, 0.15) is 12.4 Å². The molecule has 4 nitrogen and oxygen atoms in total. The minimum atomic E-state index is -4.31. The predicted molar refractivity (Wildman–Crippen MR) is 60.2 cm³/mol. The van der Waals surface area contributed by atoms with Crippen LogP contribution in [0.15, 0.2) is 6.20 Å². The first-order valence-electron chi connectivity index (χ1n) is 5.55. The number of alkyl halides is 3. The van der Waals surface area contributed by atoms with Gasteiger partial charge in [-0.25, -0.2) is 14.6 Å². The number of hydrogen-bond donors (Lipinski definition) is 0. The molecule has 0 radical (unpaired) electrons. The van der Waals surface area contributed by atoms with Crippen molar-refractivity contribution in [2.75, 3.05) is 0 Å². The van der Waals surface area contributed by atoms with Crippen molar-refractivity contribution in [2.45, 2.75) is 39.4 Å². The molecule has 0 fully saturated rings. The van der Waals surface area contributed by atoms with Crippen LogP contribution in [0, 0.1) is 6.92 Å². The Morgan fingerprint density at radius 2 is 2.00 bits per heavy atom. The molecule has 0 aromatic carbocycles. The standard InChI is InChI=1S/C11H13F3N4/c1-6(2)9-15-4-8-7(3)17-18(10(8)16-9)5-11(12,13)14/h4,6H,5H2,1-3H3. The Labute approximate surface area is 102 Å². The summed E-state index contributed by atoms with van der Waals surface area (Å²) in [5.74, 6) is 0.578. The SMILES string of the molecule is Cc1nn(CC(F)(F)F)c2nc(C(C)C)ncc12. The molecule has 7 heteroatoms. The Morgan fingerprint density at radius 3 is 2.56 bits per heavy atom. The first kappa shape index (κ1) is 12.8. The van der Waals surface area contributed by atoms with Crippen LogP contribution in [-0.4, -0.2) is 25.9 Å². The molecule has 2 aromatic rings. The van der Waals surface area contributed by atoms with Crippen LogP contribution in [0.3, 0.4) is 0 Å². The summed E-state index contributed by atoms with van der Waals surface area (Å²) in [7, 11) is 0. The molecule has 0 atom stereocenters. The summed E-state index contributed by atoms with van der Waals surface area (Å²) in [6.45, 7) is 4.29. The van der Waals surface area contributed by atoms with Gasteiger partial charge in [-0.05, 0) is 6.92 Å². The number of halogens is 3. The number of rotatable bonds is 2. The molecule has 0 amide bonds. The third-order valence-corrected chi connectivity index (χ3v) is 2.54. The molecule has 0 aliphatic rings. The molecular weight excluding hydrogens is 245 g/mol. The summed E-state index contributed by atoms with van der Waals surface area (Å²) >= 11 is 0.